The molecule has 0 bridgehead atoms. The molecule has 1 aromatic carbocycles. The van der Waals surface area contributed by atoms with E-state index in [-0.39, 0.29) is 11.9 Å². The average Bonchev–Trinajstić information content (AvgIpc) is 3.12. The zero-order chi connectivity index (χ0) is 17.1. The van der Waals surface area contributed by atoms with Crippen LogP contribution in [0.5, 0.6) is 0 Å². The number of hydrogen-bond donors (Lipinski definition) is 0. The molecule has 5 nitrogen and oxygen atoms in total. The van der Waals surface area contributed by atoms with Crippen LogP contribution in [0, 0.1) is 0 Å². The van der Waals surface area contributed by atoms with Gasteiger partial charge in [-0.1, -0.05) is 36.9 Å². The second-order valence-electron chi connectivity index (χ2n) is 6.13. The highest BCUT2D eigenvalue weighted by Gasteiger charge is 2.30. The third kappa shape index (κ3) is 3.20. The van der Waals surface area contributed by atoms with Crippen LogP contribution < -0.4 is 4.90 Å². The van der Waals surface area contributed by atoms with Crippen molar-refractivity contribution in [1.82, 2.24) is 14.8 Å². The number of fused-ring (bicyclic) bond motifs is 1. The van der Waals surface area contributed by atoms with Gasteiger partial charge >= 0.3 is 0 Å². The maximum absolute atomic E-state index is 12.8. The number of nitrogens with zero attached hydrogens (tertiary/aromatic N) is 4. The Morgan fingerprint density at radius 2 is 2.08 bits per heavy atom. The van der Waals surface area contributed by atoms with E-state index in [0.29, 0.717) is 5.75 Å². The van der Waals surface area contributed by atoms with E-state index in [0.717, 1.165) is 42.5 Å². The van der Waals surface area contributed by atoms with Crippen LogP contribution >= 0.6 is 11.8 Å². The first kappa shape index (κ1) is 17.0. The topological polar surface area (TPSA) is 51.0 Å². The summed E-state index contributed by atoms with van der Waals surface area (Å²) in [5.74, 6) is 1.54. The third-order valence-corrected chi connectivity index (χ3v) is 5.34. The van der Waals surface area contributed by atoms with Gasteiger partial charge in [-0.3, -0.25) is 4.79 Å². The highest BCUT2D eigenvalue weighted by molar-refractivity contribution is 7.99. The molecule has 3 rings (SSSR count). The molecular weight excluding hydrogens is 320 g/mol. The Bertz CT molecular complexity index is 728. The molecule has 1 aromatic heterocycles. The fourth-order valence-corrected chi connectivity index (χ4v) is 4.17. The van der Waals surface area contributed by atoms with Gasteiger partial charge in [0.2, 0.25) is 5.91 Å². The maximum atomic E-state index is 12.8. The summed E-state index contributed by atoms with van der Waals surface area (Å²) >= 11 is 1.49. The Labute approximate surface area is 147 Å². The molecule has 2 aromatic rings. The number of benzene rings is 1. The number of thioether (sulfide) groups is 1. The molecule has 1 atom stereocenters. The number of hydrogen-bond acceptors (Lipinski definition) is 4. The number of carbonyl (C=O) groups is 1. The Kier molecular flexibility index (Phi) is 5.23. The van der Waals surface area contributed by atoms with Crippen molar-refractivity contribution in [1.29, 1.82) is 0 Å². The van der Waals surface area contributed by atoms with Crippen molar-refractivity contribution >= 4 is 23.4 Å². The predicted octanol–water partition coefficient (Wildman–Crippen LogP) is 3.32. The summed E-state index contributed by atoms with van der Waals surface area (Å²) in [5, 5.41) is 9.39. The van der Waals surface area contributed by atoms with Gasteiger partial charge in [-0.2, -0.15) is 0 Å². The molecule has 0 unspecified atom stereocenters. The largest absolute Gasteiger partial charge is 0.308 e. The second kappa shape index (κ2) is 7.38. The molecule has 1 aliphatic rings. The van der Waals surface area contributed by atoms with E-state index in [1.54, 1.807) is 0 Å². The summed E-state index contributed by atoms with van der Waals surface area (Å²) in [6, 6.07) is 8.39. The number of aryl methyl sites for hydroxylation is 1. The summed E-state index contributed by atoms with van der Waals surface area (Å²) in [4.78, 5) is 14.7. The van der Waals surface area contributed by atoms with Crippen LogP contribution in [0.2, 0.25) is 0 Å². The van der Waals surface area contributed by atoms with E-state index >= 15 is 0 Å². The maximum Gasteiger partial charge on any atom is 0.237 e. The van der Waals surface area contributed by atoms with E-state index in [9.17, 15) is 4.79 Å². The average molecular weight is 344 g/mol. The highest BCUT2D eigenvalue weighted by atomic mass is 32.2. The molecule has 1 amide bonds. The number of para-hydroxylation sites is 1. The van der Waals surface area contributed by atoms with Crippen LogP contribution in [-0.2, 0) is 24.2 Å². The van der Waals surface area contributed by atoms with E-state index in [2.05, 4.69) is 41.6 Å². The van der Waals surface area contributed by atoms with Gasteiger partial charge in [0.25, 0.3) is 0 Å². The lowest BCUT2D eigenvalue weighted by molar-refractivity contribution is -0.116. The first-order valence-corrected chi connectivity index (χ1v) is 9.59. The van der Waals surface area contributed by atoms with Crippen LogP contribution in [0.4, 0.5) is 5.69 Å². The van der Waals surface area contributed by atoms with Gasteiger partial charge in [0.1, 0.15) is 5.82 Å². The normalized spacial score (nSPS) is 16.5. The first-order chi connectivity index (χ1) is 11.7. The third-order valence-electron chi connectivity index (χ3n) is 4.38. The summed E-state index contributed by atoms with van der Waals surface area (Å²) in [7, 11) is 0. The summed E-state index contributed by atoms with van der Waals surface area (Å²) < 4.78 is 2.11. The van der Waals surface area contributed by atoms with Gasteiger partial charge in [0, 0.05) is 24.7 Å². The van der Waals surface area contributed by atoms with Gasteiger partial charge in [-0.05, 0) is 38.3 Å². The number of carbonyl (C=O) groups excluding carboxylic acids is 1. The van der Waals surface area contributed by atoms with Crippen molar-refractivity contribution in [3.8, 4) is 0 Å². The fraction of sp³-hybridized carbons (Fsp3) is 0.500. The molecule has 0 spiro atoms. The molecule has 1 aliphatic heterocycles. The Hall–Kier alpha value is -1.82. The van der Waals surface area contributed by atoms with Crippen molar-refractivity contribution < 1.29 is 4.79 Å². The first-order valence-electron chi connectivity index (χ1n) is 8.60. The molecule has 6 heteroatoms. The molecule has 0 saturated carbocycles. The van der Waals surface area contributed by atoms with Crippen LogP contribution in [0.15, 0.2) is 29.4 Å². The Morgan fingerprint density at radius 3 is 2.83 bits per heavy atom. The summed E-state index contributed by atoms with van der Waals surface area (Å²) in [6.07, 6.45) is 2.90. The lowest BCUT2D eigenvalue weighted by Crippen LogP contribution is -2.37. The van der Waals surface area contributed by atoms with Crippen LogP contribution in [0.1, 0.15) is 38.6 Å². The van der Waals surface area contributed by atoms with E-state index in [1.165, 1.54) is 17.3 Å². The molecule has 0 aliphatic carbocycles. The predicted molar refractivity (Wildman–Crippen MR) is 97.5 cm³/mol. The van der Waals surface area contributed by atoms with E-state index in [4.69, 9.17) is 0 Å². The van der Waals surface area contributed by atoms with Crippen molar-refractivity contribution in [2.75, 3.05) is 10.7 Å². The van der Waals surface area contributed by atoms with Gasteiger partial charge in [-0.15, -0.1) is 10.2 Å². The number of amides is 1. The van der Waals surface area contributed by atoms with E-state index < -0.39 is 0 Å². The molecular formula is C18H24N4OS. The Balaban J connectivity index is 1.70. The monoisotopic (exact) mass is 344 g/mol. The molecule has 0 radical (unpaired) electrons. The van der Waals surface area contributed by atoms with E-state index in [1.807, 2.05) is 23.1 Å². The molecule has 0 fully saturated rings. The second-order valence-corrected chi connectivity index (χ2v) is 7.07. The molecule has 0 N–H and O–H groups in total. The van der Waals surface area contributed by atoms with Crippen molar-refractivity contribution in [3.63, 3.8) is 0 Å². The minimum Gasteiger partial charge on any atom is -0.308 e. The number of rotatable bonds is 6. The van der Waals surface area contributed by atoms with Crippen LogP contribution in [0.25, 0.3) is 0 Å². The van der Waals surface area contributed by atoms with Crippen LogP contribution in [-0.4, -0.2) is 32.5 Å². The molecule has 24 heavy (non-hydrogen) atoms. The van der Waals surface area contributed by atoms with Crippen molar-refractivity contribution in [2.45, 2.75) is 57.8 Å². The SMILES string of the molecule is CCCc1nnc(SCC(=O)N2c3ccccc3C[C@H]2C)n1CC. The van der Waals surface area contributed by atoms with Gasteiger partial charge in [0.15, 0.2) is 5.16 Å². The number of anilines is 1. The van der Waals surface area contributed by atoms with Crippen molar-refractivity contribution in [2.24, 2.45) is 0 Å². The quantitative estimate of drug-likeness (QED) is 0.754. The molecule has 0 saturated heterocycles. The minimum atomic E-state index is 0.139. The fourth-order valence-electron chi connectivity index (χ4n) is 3.29. The van der Waals surface area contributed by atoms with Gasteiger partial charge in [0.05, 0.1) is 5.75 Å². The highest BCUT2D eigenvalue weighted by Crippen LogP contribution is 2.32. The Morgan fingerprint density at radius 1 is 1.29 bits per heavy atom. The van der Waals surface area contributed by atoms with Gasteiger partial charge in [-0.25, -0.2) is 0 Å². The smallest absolute Gasteiger partial charge is 0.237 e. The summed E-state index contributed by atoms with van der Waals surface area (Å²) in [6.45, 7) is 7.17. The van der Waals surface area contributed by atoms with Crippen LogP contribution in [0.3, 0.4) is 0 Å². The minimum absolute atomic E-state index is 0.139. The molecule has 2 heterocycles. The molecule has 128 valence electrons. The standard InChI is InChI=1S/C18H24N4OS/c1-4-8-16-19-20-18(21(16)5-2)24-12-17(23)22-13(3)11-14-9-6-7-10-15(14)22/h6-7,9-10,13H,4-5,8,11-12H2,1-3H3/t13-/m1/s1. The zero-order valence-electron chi connectivity index (χ0n) is 14.5. The zero-order valence-corrected chi connectivity index (χ0v) is 15.3. The lowest BCUT2D eigenvalue weighted by Gasteiger charge is -2.22. The van der Waals surface area contributed by atoms with Gasteiger partial charge < -0.3 is 9.47 Å². The lowest BCUT2D eigenvalue weighted by atomic mass is 10.1. The van der Waals surface area contributed by atoms with Crippen molar-refractivity contribution in [3.05, 3.63) is 35.7 Å². The number of aromatic nitrogens is 3. The summed E-state index contributed by atoms with van der Waals surface area (Å²) in [5.41, 5.74) is 2.31.